The fraction of sp³-hybridized carbons (Fsp3) is 0.250. The molecule has 0 spiro atoms. The standard InChI is InChI=1S/C12H11F2N3/c13-8-1-2-11(9(14)5-8)17-7-16-10-6-15-4-3-12(10)17/h1-2,5,7,15H,3-4,6H2. The number of nitrogens with zero attached hydrogens (tertiary/aromatic N) is 2. The molecule has 0 saturated carbocycles. The summed E-state index contributed by atoms with van der Waals surface area (Å²) in [4.78, 5) is 4.24. The Bertz CT molecular complexity index is 563. The van der Waals surface area contributed by atoms with Crippen molar-refractivity contribution in [2.75, 3.05) is 6.54 Å². The lowest BCUT2D eigenvalue weighted by atomic mass is 10.1. The molecule has 1 aliphatic heterocycles. The van der Waals surface area contributed by atoms with Gasteiger partial charge in [-0.05, 0) is 12.1 Å². The molecular formula is C12H11F2N3. The Morgan fingerprint density at radius 1 is 1.29 bits per heavy atom. The van der Waals surface area contributed by atoms with E-state index in [1.54, 1.807) is 10.9 Å². The highest BCUT2D eigenvalue weighted by atomic mass is 19.1. The Hall–Kier alpha value is -1.75. The summed E-state index contributed by atoms with van der Waals surface area (Å²) >= 11 is 0. The number of hydrogen-bond donors (Lipinski definition) is 1. The van der Waals surface area contributed by atoms with E-state index in [0.717, 1.165) is 30.4 Å². The Labute approximate surface area is 97.1 Å². The van der Waals surface area contributed by atoms with Gasteiger partial charge in [0.1, 0.15) is 11.6 Å². The molecule has 3 nitrogen and oxygen atoms in total. The van der Waals surface area contributed by atoms with Gasteiger partial charge in [-0.25, -0.2) is 13.8 Å². The smallest absolute Gasteiger partial charge is 0.150 e. The number of benzene rings is 1. The highest BCUT2D eigenvalue weighted by molar-refractivity contribution is 5.37. The fourth-order valence-electron chi connectivity index (χ4n) is 2.12. The van der Waals surface area contributed by atoms with Gasteiger partial charge in [0.15, 0.2) is 0 Å². The van der Waals surface area contributed by atoms with Gasteiger partial charge in [0.2, 0.25) is 0 Å². The third-order valence-corrected chi connectivity index (χ3v) is 2.95. The summed E-state index contributed by atoms with van der Waals surface area (Å²) in [5.74, 6) is -1.13. The second kappa shape index (κ2) is 3.92. The minimum atomic E-state index is -0.568. The van der Waals surface area contributed by atoms with E-state index < -0.39 is 11.6 Å². The van der Waals surface area contributed by atoms with Crippen molar-refractivity contribution in [2.24, 2.45) is 0 Å². The van der Waals surface area contributed by atoms with Crippen LogP contribution in [-0.2, 0) is 13.0 Å². The Morgan fingerprint density at radius 2 is 2.18 bits per heavy atom. The number of hydrogen-bond acceptors (Lipinski definition) is 2. The van der Waals surface area contributed by atoms with Crippen LogP contribution in [0.4, 0.5) is 8.78 Å². The minimum Gasteiger partial charge on any atom is -0.311 e. The van der Waals surface area contributed by atoms with E-state index in [4.69, 9.17) is 0 Å². The predicted octanol–water partition coefficient (Wildman–Crippen LogP) is 1.80. The van der Waals surface area contributed by atoms with Crippen molar-refractivity contribution in [1.82, 2.24) is 14.9 Å². The number of nitrogens with one attached hydrogen (secondary N) is 1. The van der Waals surface area contributed by atoms with E-state index in [1.807, 2.05) is 0 Å². The van der Waals surface area contributed by atoms with Crippen LogP contribution in [0.3, 0.4) is 0 Å². The van der Waals surface area contributed by atoms with Crippen LogP contribution in [0.2, 0.25) is 0 Å². The van der Waals surface area contributed by atoms with Crippen LogP contribution in [0, 0.1) is 11.6 Å². The van der Waals surface area contributed by atoms with Crippen molar-refractivity contribution >= 4 is 0 Å². The molecular weight excluding hydrogens is 224 g/mol. The van der Waals surface area contributed by atoms with Gasteiger partial charge in [-0.1, -0.05) is 0 Å². The maximum absolute atomic E-state index is 13.7. The molecule has 0 saturated heterocycles. The lowest BCUT2D eigenvalue weighted by Gasteiger charge is -2.15. The molecule has 0 atom stereocenters. The number of halogens is 2. The van der Waals surface area contributed by atoms with Crippen molar-refractivity contribution in [3.05, 3.63) is 47.5 Å². The third-order valence-electron chi connectivity index (χ3n) is 2.95. The molecule has 0 aliphatic carbocycles. The summed E-state index contributed by atoms with van der Waals surface area (Å²) < 4.78 is 28.2. The fourth-order valence-corrected chi connectivity index (χ4v) is 2.12. The molecule has 0 unspecified atom stereocenters. The molecule has 0 fully saturated rings. The molecule has 1 aliphatic rings. The number of aromatic nitrogens is 2. The van der Waals surface area contributed by atoms with Crippen LogP contribution in [0.25, 0.3) is 5.69 Å². The second-order valence-corrected chi connectivity index (χ2v) is 4.03. The lowest BCUT2D eigenvalue weighted by Crippen LogP contribution is -2.24. The molecule has 88 valence electrons. The molecule has 17 heavy (non-hydrogen) atoms. The highest BCUT2D eigenvalue weighted by Gasteiger charge is 2.17. The third kappa shape index (κ3) is 1.72. The Kier molecular flexibility index (Phi) is 2.40. The predicted molar refractivity (Wildman–Crippen MR) is 58.9 cm³/mol. The molecule has 1 aromatic heterocycles. The van der Waals surface area contributed by atoms with Gasteiger partial charge in [0, 0.05) is 31.3 Å². The van der Waals surface area contributed by atoms with Gasteiger partial charge < -0.3 is 5.32 Å². The Balaban J connectivity index is 2.12. The average molecular weight is 235 g/mol. The molecule has 5 heteroatoms. The van der Waals surface area contributed by atoms with E-state index in [2.05, 4.69) is 10.3 Å². The SMILES string of the molecule is Fc1ccc(-n2cnc3c2CCNC3)c(F)c1. The molecule has 0 amide bonds. The molecule has 0 bridgehead atoms. The summed E-state index contributed by atoms with van der Waals surface area (Å²) in [5.41, 5.74) is 2.27. The van der Waals surface area contributed by atoms with E-state index >= 15 is 0 Å². The molecule has 2 heterocycles. The monoisotopic (exact) mass is 235 g/mol. The molecule has 1 N–H and O–H groups in total. The largest absolute Gasteiger partial charge is 0.311 e. The topological polar surface area (TPSA) is 29.9 Å². The lowest BCUT2D eigenvalue weighted by molar-refractivity contribution is 0.573. The van der Waals surface area contributed by atoms with Crippen LogP contribution >= 0.6 is 0 Å². The van der Waals surface area contributed by atoms with Crippen molar-refractivity contribution in [2.45, 2.75) is 13.0 Å². The summed E-state index contributed by atoms with van der Waals surface area (Å²) in [5, 5.41) is 3.20. The van der Waals surface area contributed by atoms with E-state index in [1.165, 1.54) is 12.1 Å². The summed E-state index contributed by atoms with van der Waals surface area (Å²) in [6, 6.07) is 3.59. The minimum absolute atomic E-state index is 0.349. The Morgan fingerprint density at radius 3 is 3.00 bits per heavy atom. The highest BCUT2D eigenvalue weighted by Crippen LogP contribution is 2.20. The summed E-state index contributed by atoms with van der Waals surface area (Å²) in [7, 11) is 0. The van der Waals surface area contributed by atoms with Gasteiger partial charge in [-0.3, -0.25) is 4.57 Å². The first-order valence-corrected chi connectivity index (χ1v) is 5.47. The molecule has 1 aromatic carbocycles. The molecule has 0 radical (unpaired) electrons. The molecule has 2 aromatic rings. The van der Waals surface area contributed by atoms with Gasteiger partial charge in [-0.15, -0.1) is 0 Å². The number of rotatable bonds is 1. The first kappa shape index (κ1) is 10.4. The van der Waals surface area contributed by atoms with E-state index in [0.29, 0.717) is 12.2 Å². The van der Waals surface area contributed by atoms with E-state index in [9.17, 15) is 8.78 Å². The zero-order chi connectivity index (χ0) is 11.8. The number of imidazole rings is 1. The van der Waals surface area contributed by atoms with Crippen molar-refractivity contribution in [3.8, 4) is 5.69 Å². The zero-order valence-corrected chi connectivity index (χ0v) is 9.08. The maximum atomic E-state index is 13.7. The van der Waals surface area contributed by atoms with Crippen LogP contribution < -0.4 is 5.32 Å². The normalized spacial score (nSPS) is 14.7. The summed E-state index contributed by atoms with van der Waals surface area (Å²) in [6.07, 6.45) is 2.39. The zero-order valence-electron chi connectivity index (χ0n) is 9.08. The summed E-state index contributed by atoms with van der Waals surface area (Å²) in [6.45, 7) is 1.55. The molecule has 3 rings (SSSR count). The van der Waals surface area contributed by atoms with Crippen molar-refractivity contribution < 1.29 is 8.78 Å². The quantitative estimate of drug-likeness (QED) is 0.816. The first-order valence-electron chi connectivity index (χ1n) is 5.47. The first-order chi connectivity index (χ1) is 8.25. The van der Waals surface area contributed by atoms with Crippen LogP contribution in [0.5, 0.6) is 0 Å². The average Bonchev–Trinajstić information content (AvgIpc) is 2.73. The van der Waals surface area contributed by atoms with Gasteiger partial charge in [0.25, 0.3) is 0 Å². The second-order valence-electron chi connectivity index (χ2n) is 4.03. The van der Waals surface area contributed by atoms with Crippen LogP contribution in [-0.4, -0.2) is 16.1 Å². The number of fused-ring (bicyclic) bond motifs is 1. The van der Waals surface area contributed by atoms with Crippen molar-refractivity contribution in [3.63, 3.8) is 0 Å². The maximum Gasteiger partial charge on any atom is 0.150 e. The van der Waals surface area contributed by atoms with Gasteiger partial charge >= 0.3 is 0 Å². The van der Waals surface area contributed by atoms with Crippen LogP contribution in [0.15, 0.2) is 24.5 Å². The van der Waals surface area contributed by atoms with Gasteiger partial charge in [-0.2, -0.15) is 0 Å². The van der Waals surface area contributed by atoms with E-state index in [-0.39, 0.29) is 0 Å². The van der Waals surface area contributed by atoms with Gasteiger partial charge in [0.05, 0.1) is 17.7 Å². The van der Waals surface area contributed by atoms with Crippen LogP contribution in [0.1, 0.15) is 11.4 Å². The van der Waals surface area contributed by atoms with Crippen molar-refractivity contribution in [1.29, 1.82) is 0 Å².